The summed E-state index contributed by atoms with van der Waals surface area (Å²) in [5.74, 6) is -0.673. The first-order chi connectivity index (χ1) is 11.4. The third kappa shape index (κ3) is 3.78. The number of hydrogen-bond donors (Lipinski definition) is 2. The van der Waals surface area contributed by atoms with Gasteiger partial charge in [-0.25, -0.2) is 5.48 Å². The van der Waals surface area contributed by atoms with Crippen molar-refractivity contribution < 1.29 is 14.8 Å². The van der Waals surface area contributed by atoms with Gasteiger partial charge in [0.05, 0.1) is 11.3 Å². The summed E-state index contributed by atoms with van der Waals surface area (Å²) in [6.07, 6.45) is 2.13. The summed E-state index contributed by atoms with van der Waals surface area (Å²) in [6.45, 7) is 7.20. The SMILES string of the molecule is CC(C)CC1(C(C)C(=O)NO)CCN(CCc2ccccc2)C1=O. The van der Waals surface area contributed by atoms with Gasteiger partial charge in [-0.1, -0.05) is 51.1 Å². The van der Waals surface area contributed by atoms with Gasteiger partial charge < -0.3 is 4.90 Å². The van der Waals surface area contributed by atoms with Crippen molar-refractivity contribution in [1.29, 1.82) is 0 Å². The van der Waals surface area contributed by atoms with Crippen LogP contribution in [0.5, 0.6) is 0 Å². The largest absolute Gasteiger partial charge is 0.342 e. The lowest BCUT2D eigenvalue weighted by atomic mass is 9.69. The number of hydrogen-bond acceptors (Lipinski definition) is 3. The van der Waals surface area contributed by atoms with Crippen LogP contribution >= 0.6 is 0 Å². The van der Waals surface area contributed by atoms with E-state index in [1.54, 1.807) is 12.4 Å². The molecule has 1 aromatic rings. The van der Waals surface area contributed by atoms with Gasteiger partial charge in [0.1, 0.15) is 0 Å². The lowest BCUT2D eigenvalue weighted by Gasteiger charge is -2.34. The molecule has 5 nitrogen and oxygen atoms in total. The Morgan fingerprint density at radius 1 is 1.29 bits per heavy atom. The van der Waals surface area contributed by atoms with Crippen molar-refractivity contribution in [1.82, 2.24) is 10.4 Å². The molecule has 0 radical (unpaired) electrons. The van der Waals surface area contributed by atoms with Gasteiger partial charge in [-0.2, -0.15) is 0 Å². The van der Waals surface area contributed by atoms with Gasteiger partial charge in [0.25, 0.3) is 0 Å². The molecule has 2 rings (SSSR count). The highest BCUT2D eigenvalue weighted by Gasteiger charge is 2.52. The fourth-order valence-corrected chi connectivity index (χ4v) is 3.82. The quantitative estimate of drug-likeness (QED) is 0.596. The Labute approximate surface area is 144 Å². The third-order valence-corrected chi connectivity index (χ3v) is 5.16. The molecule has 2 atom stereocenters. The van der Waals surface area contributed by atoms with E-state index >= 15 is 0 Å². The van der Waals surface area contributed by atoms with Crippen molar-refractivity contribution in [3.63, 3.8) is 0 Å². The van der Waals surface area contributed by atoms with Crippen molar-refractivity contribution in [3.05, 3.63) is 35.9 Å². The van der Waals surface area contributed by atoms with Gasteiger partial charge in [0, 0.05) is 13.1 Å². The first kappa shape index (κ1) is 18.5. The maximum atomic E-state index is 13.1. The van der Waals surface area contributed by atoms with Gasteiger partial charge in [0.2, 0.25) is 11.8 Å². The smallest absolute Gasteiger partial charge is 0.247 e. The first-order valence-electron chi connectivity index (χ1n) is 8.68. The molecule has 5 heteroatoms. The number of nitrogens with zero attached hydrogens (tertiary/aromatic N) is 1. The molecular weight excluding hydrogens is 304 g/mol. The van der Waals surface area contributed by atoms with Gasteiger partial charge in [-0.3, -0.25) is 14.8 Å². The lowest BCUT2D eigenvalue weighted by molar-refractivity contribution is -0.148. The van der Waals surface area contributed by atoms with Crippen LogP contribution in [0.3, 0.4) is 0 Å². The van der Waals surface area contributed by atoms with E-state index in [4.69, 9.17) is 5.21 Å². The van der Waals surface area contributed by atoms with Crippen LogP contribution in [0.25, 0.3) is 0 Å². The number of amides is 2. The van der Waals surface area contributed by atoms with Crippen LogP contribution in [0.2, 0.25) is 0 Å². The molecule has 0 aromatic heterocycles. The van der Waals surface area contributed by atoms with Crippen LogP contribution in [-0.4, -0.2) is 35.0 Å². The molecular formula is C19H28N2O3. The molecule has 1 aliphatic heterocycles. The summed E-state index contributed by atoms with van der Waals surface area (Å²) in [5.41, 5.74) is 2.21. The maximum absolute atomic E-state index is 13.1. The second-order valence-electron chi connectivity index (χ2n) is 7.23. The van der Waals surface area contributed by atoms with Crippen molar-refractivity contribution >= 4 is 11.8 Å². The molecule has 2 amide bonds. The van der Waals surface area contributed by atoms with Gasteiger partial charge in [-0.15, -0.1) is 0 Å². The highest BCUT2D eigenvalue weighted by atomic mass is 16.5. The highest BCUT2D eigenvalue weighted by Crippen LogP contribution is 2.44. The number of likely N-dealkylation sites (tertiary alicyclic amines) is 1. The second kappa shape index (κ2) is 7.79. The van der Waals surface area contributed by atoms with Crippen LogP contribution in [0, 0.1) is 17.3 Å². The van der Waals surface area contributed by atoms with Crippen molar-refractivity contribution in [2.45, 2.75) is 40.0 Å². The van der Waals surface area contributed by atoms with E-state index in [0.717, 1.165) is 6.42 Å². The van der Waals surface area contributed by atoms with E-state index in [9.17, 15) is 9.59 Å². The molecule has 1 aliphatic rings. The van der Waals surface area contributed by atoms with E-state index in [1.165, 1.54) is 5.56 Å². The Morgan fingerprint density at radius 3 is 2.54 bits per heavy atom. The van der Waals surface area contributed by atoms with Gasteiger partial charge >= 0.3 is 0 Å². The molecule has 2 unspecified atom stereocenters. The van der Waals surface area contributed by atoms with Crippen LogP contribution in [-0.2, 0) is 16.0 Å². The predicted molar refractivity (Wildman–Crippen MR) is 92.3 cm³/mol. The Balaban J connectivity index is 2.13. The monoisotopic (exact) mass is 332 g/mol. The third-order valence-electron chi connectivity index (χ3n) is 5.16. The lowest BCUT2D eigenvalue weighted by Crippen LogP contribution is -2.46. The predicted octanol–water partition coefficient (Wildman–Crippen LogP) is 2.64. The van der Waals surface area contributed by atoms with Crippen molar-refractivity contribution in [2.75, 3.05) is 13.1 Å². The fourth-order valence-electron chi connectivity index (χ4n) is 3.82. The van der Waals surface area contributed by atoms with Gasteiger partial charge in [0.15, 0.2) is 0 Å². The zero-order valence-corrected chi connectivity index (χ0v) is 14.8. The normalized spacial score (nSPS) is 22.0. The fraction of sp³-hybridized carbons (Fsp3) is 0.579. The number of carbonyl (C=O) groups is 2. The van der Waals surface area contributed by atoms with Gasteiger partial charge in [-0.05, 0) is 30.7 Å². The Morgan fingerprint density at radius 2 is 1.96 bits per heavy atom. The van der Waals surface area contributed by atoms with E-state index < -0.39 is 17.2 Å². The summed E-state index contributed by atoms with van der Waals surface area (Å²) in [6, 6.07) is 10.1. The summed E-state index contributed by atoms with van der Waals surface area (Å²) >= 11 is 0. The van der Waals surface area contributed by atoms with Crippen LogP contribution in [0.4, 0.5) is 0 Å². The number of benzene rings is 1. The summed E-state index contributed by atoms with van der Waals surface area (Å²) in [5, 5.41) is 8.99. The van der Waals surface area contributed by atoms with Crippen molar-refractivity contribution in [3.8, 4) is 0 Å². The van der Waals surface area contributed by atoms with Crippen molar-refractivity contribution in [2.24, 2.45) is 17.3 Å². The standard InChI is InChI=1S/C19H28N2O3/c1-14(2)13-19(15(3)17(22)20-24)10-12-21(18(19)23)11-9-16-7-5-4-6-8-16/h4-8,14-15,24H,9-13H2,1-3H3,(H,20,22). The van der Waals surface area contributed by atoms with E-state index in [1.807, 2.05) is 23.1 Å². The van der Waals surface area contributed by atoms with E-state index in [0.29, 0.717) is 31.8 Å². The topological polar surface area (TPSA) is 69.6 Å². The molecule has 0 saturated carbocycles. The molecule has 0 spiro atoms. The zero-order valence-electron chi connectivity index (χ0n) is 14.8. The number of carbonyl (C=O) groups excluding carboxylic acids is 2. The number of rotatable bonds is 7. The van der Waals surface area contributed by atoms with E-state index in [2.05, 4.69) is 26.0 Å². The first-order valence-corrected chi connectivity index (χ1v) is 8.68. The summed E-state index contributed by atoms with van der Waals surface area (Å²) in [7, 11) is 0. The molecule has 132 valence electrons. The average molecular weight is 332 g/mol. The summed E-state index contributed by atoms with van der Waals surface area (Å²) < 4.78 is 0. The molecule has 1 heterocycles. The maximum Gasteiger partial charge on any atom is 0.247 e. The summed E-state index contributed by atoms with van der Waals surface area (Å²) in [4.78, 5) is 27.0. The minimum Gasteiger partial charge on any atom is -0.342 e. The molecule has 24 heavy (non-hydrogen) atoms. The highest BCUT2D eigenvalue weighted by molar-refractivity contribution is 5.91. The number of nitrogens with one attached hydrogen (secondary N) is 1. The van der Waals surface area contributed by atoms with Crippen LogP contribution in [0.1, 0.15) is 39.2 Å². The Hall–Kier alpha value is -1.88. The van der Waals surface area contributed by atoms with Crippen LogP contribution in [0.15, 0.2) is 30.3 Å². The minimum atomic E-state index is -0.711. The second-order valence-corrected chi connectivity index (χ2v) is 7.23. The van der Waals surface area contributed by atoms with E-state index in [-0.39, 0.29) is 5.91 Å². The molecule has 2 N–H and O–H groups in total. The molecule has 0 aliphatic carbocycles. The molecule has 0 bridgehead atoms. The zero-order chi connectivity index (χ0) is 17.7. The Bertz CT molecular complexity index is 573. The average Bonchev–Trinajstić information content (AvgIpc) is 2.89. The number of hydroxylamine groups is 1. The van der Waals surface area contributed by atoms with Crippen LogP contribution < -0.4 is 5.48 Å². The Kier molecular flexibility index (Phi) is 5.99. The minimum absolute atomic E-state index is 0.0447. The molecule has 1 saturated heterocycles. The molecule has 1 aromatic carbocycles. The molecule has 1 fully saturated rings.